The van der Waals surface area contributed by atoms with Crippen LogP contribution in [-0.2, 0) is 31.9 Å². The molecule has 5 nitrogen and oxygen atoms in total. The molecule has 76 heavy (non-hydrogen) atoms. The monoisotopic (exact) mass is 991 g/mol. The predicted octanol–water partition coefficient (Wildman–Crippen LogP) is 17.5. The minimum Gasteiger partial charge on any atom is -0.308 e. The number of fused-ring (bicyclic) bond motifs is 4. The van der Waals surface area contributed by atoms with E-state index in [0.717, 1.165) is 50.3 Å². The number of nitrogens with zero attached hydrogens (tertiary/aromatic N) is 5. The van der Waals surface area contributed by atoms with Crippen molar-refractivity contribution in [1.82, 2.24) is 0 Å². The summed E-state index contributed by atoms with van der Waals surface area (Å²) in [7, 11) is 0. The zero-order chi connectivity index (χ0) is 51.3. The van der Waals surface area contributed by atoms with Gasteiger partial charge in [-0.15, -0.1) is 0 Å². The van der Waals surface area contributed by atoms with Crippen LogP contribution in [0.3, 0.4) is 0 Å². The first-order valence-electron chi connectivity index (χ1n) is 25.6. The lowest BCUT2D eigenvalue weighted by Gasteiger charge is -2.46. The standard InChI is InChI=1S/C68H48F3N5/c69-68(70,71)63-64(73-55-33-17-13-29-50(55)37-41-59(73)46-21-5-1-6-22-46)54(45-72)65(74-56-34-18-14-30-51(56)38-42-60(74)47-23-7-2-8-24-47)67(76-58-36-20-16-32-53(58)40-44-62(76)49-27-11-4-12-28-49)66(63)75-57-35-19-15-31-52(57)39-43-61(75)48-25-9-3-10-26-48/h1-36,41-44H,37-40H2. The quantitative estimate of drug-likeness (QED) is 0.152. The van der Waals surface area contributed by atoms with Gasteiger partial charge in [-0.1, -0.05) is 218 Å². The van der Waals surface area contributed by atoms with Gasteiger partial charge in [-0.25, -0.2) is 0 Å². The first-order valence-corrected chi connectivity index (χ1v) is 25.6. The third-order valence-electron chi connectivity index (χ3n) is 14.9. The van der Waals surface area contributed by atoms with Gasteiger partial charge in [0, 0.05) is 45.5 Å². The average Bonchev–Trinajstić information content (AvgIpc) is 3.55. The highest BCUT2D eigenvalue weighted by atomic mass is 19.4. The minimum absolute atomic E-state index is 0.122. The van der Waals surface area contributed by atoms with Crippen molar-refractivity contribution < 1.29 is 13.2 Å². The molecule has 4 aliphatic heterocycles. The van der Waals surface area contributed by atoms with Crippen molar-refractivity contribution in [1.29, 1.82) is 5.26 Å². The maximum absolute atomic E-state index is 18.3. The van der Waals surface area contributed by atoms with Gasteiger partial charge in [-0.2, -0.15) is 18.4 Å². The molecule has 4 heterocycles. The van der Waals surface area contributed by atoms with Crippen LogP contribution < -0.4 is 19.6 Å². The van der Waals surface area contributed by atoms with Crippen molar-refractivity contribution in [3.63, 3.8) is 0 Å². The molecule has 4 aliphatic rings. The van der Waals surface area contributed by atoms with Crippen molar-refractivity contribution in [3.8, 4) is 6.07 Å². The number of halogens is 3. The van der Waals surface area contributed by atoms with E-state index >= 15 is 13.2 Å². The lowest BCUT2D eigenvalue weighted by atomic mass is 9.88. The van der Waals surface area contributed by atoms with Crippen LogP contribution in [0.4, 0.5) is 58.7 Å². The van der Waals surface area contributed by atoms with Crippen LogP contribution in [0.1, 0.15) is 55.6 Å². The molecular weight excluding hydrogens is 944 g/mol. The smallest absolute Gasteiger partial charge is 0.308 e. The third kappa shape index (κ3) is 7.79. The highest BCUT2D eigenvalue weighted by molar-refractivity contribution is 6.15. The molecule has 0 aromatic heterocycles. The molecular formula is C68H48F3N5. The number of hydrogen-bond donors (Lipinski definition) is 0. The van der Waals surface area contributed by atoms with Crippen LogP contribution in [0.25, 0.3) is 22.8 Å². The molecule has 0 saturated carbocycles. The molecule has 9 aromatic rings. The summed E-state index contributed by atoms with van der Waals surface area (Å²) < 4.78 is 54.9. The van der Waals surface area contributed by atoms with Crippen LogP contribution >= 0.6 is 0 Å². The largest absolute Gasteiger partial charge is 0.420 e. The van der Waals surface area contributed by atoms with Crippen molar-refractivity contribution in [2.75, 3.05) is 19.6 Å². The second kappa shape index (κ2) is 19.0. The van der Waals surface area contributed by atoms with E-state index in [9.17, 15) is 5.26 Å². The van der Waals surface area contributed by atoms with Gasteiger partial charge in [0.2, 0.25) is 0 Å². The summed E-state index contributed by atoms with van der Waals surface area (Å²) in [4.78, 5) is 7.69. The molecule has 0 bridgehead atoms. The van der Waals surface area contributed by atoms with Gasteiger partial charge in [-0.3, -0.25) is 0 Å². The molecule has 0 unspecified atom stereocenters. The summed E-state index contributed by atoms with van der Waals surface area (Å²) in [5.74, 6) is 0. The molecule has 0 amide bonds. The van der Waals surface area contributed by atoms with E-state index in [1.807, 2.05) is 234 Å². The van der Waals surface area contributed by atoms with Crippen molar-refractivity contribution >= 4 is 68.3 Å². The summed E-state index contributed by atoms with van der Waals surface area (Å²) in [5.41, 5.74) is 10.8. The Morgan fingerprint density at radius 2 is 0.579 bits per heavy atom. The lowest BCUT2D eigenvalue weighted by Crippen LogP contribution is -2.34. The average molecular weight is 992 g/mol. The zero-order valence-electron chi connectivity index (χ0n) is 41.3. The number of alkyl halides is 3. The van der Waals surface area contributed by atoms with Gasteiger partial charge < -0.3 is 19.6 Å². The van der Waals surface area contributed by atoms with E-state index in [1.165, 1.54) is 0 Å². The molecule has 0 spiro atoms. The van der Waals surface area contributed by atoms with Gasteiger partial charge in [0.05, 0.1) is 22.7 Å². The van der Waals surface area contributed by atoms with Crippen LogP contribution in [0.5, 0.6) is 0 Å². The second-order valence-corrected chi connectivity index (χ2v) is 19.2. The van der Waals surface area contributed by atoms with E-state index in [2.05, 4.69) is 29.2 Å². The predicted molar refractivity (Wildman–Crippen MR) is 303 cm³/mol. The first-order chi connectivity index (χ1) is 37.4. The second-order valence-electron chi connectivity index (χ2n) is 19.2. The highest BCUT2D eigenvalue weighted by Gasteiger charge is 2.49. The summed E-state index contributed by atoms with van der Waals surface area (Å²) in [6, 6.07) is 73.2. The highest BCUT2D eigenvalue weighted by Crippen LogP contribution is 2.64. The van der Waals surface area contributed by atoms with Crippen LogP contribution in [0.2, 0.25) is 0 Å². The Balaban J connectivity index is 1.31. The van der Waals surface area contributed by atoms with Crippen LogP contribution in [-0.4, -0.2) is 0 Å². The van der Waals surface area contributed by atoms with E-state index < -0.39 is 11.7 Å². The molecule has 0 aliphatic carbocycles. The Morgan fingerprint density at radius 1 is 0.316 bits per heavy atom. The number of anilines is 8. The normalized spacial score (nSPS) is 14.8. The fourth-order valence-electron chi connectivity index (χ4n) is 11.6. The van der Waals surface area contributed by atoms with E-state index in [1.54, 1.807) is 4.90 Å². The van der Waals surface area contributed by atoms with Gasteiger partial charge >= 0.3 is 6.18 Å². The van der Waals surface area contributed by atoms with Gasteiger partial charge in [0.25, 0.3) is 0 Å². The van der Waals surface area contributed by atoms with Gasteiger partial charge in [0.15, 0.2) is 0 Å². The van der Waals surface area contributed by atoms with E-state index in [4.69, 9.17) is 0 Å². The van der Waals surface area contributed by atoms with Crippen molar-refractivity contribution in [3.05, 3.63) is 298 Å². The van der Waals surface area contributed by atoms with Crippen molar-refractivity contribution in [2.24, 2.45) is 0 Å². The summed E-state index contributed by atoms with van der Waals surface area (Å²) in [6.07, 6.45) is 5.23. The molecule has 13 rings (SSSR count). The maximum Gasteiger partial charge on any atom is 0.420 e. The van der Waals surface area contributed by atoms with Crippen LogP contribution in [0.15, 0.2) is 243 Å². The lowest BCUT2D eigenvalue weighted by molar-refractivity contribution is -0.136. The molecule has 0 radical (unpaired) electrons. The molecule has 0 N–H and O–H groups in total. The van der Waals surface area contributed by atoms with Gasteiger partial charge in [-0.05, 0) is 94.5 Å². The summed E-state index contributed by atoms with van der Waals surface area (Å²) in [6.45, 7) is 0. The van der Waals surface area contributed by atoms with Crippen LogP contribution in [0, 0.1) is 11.3 Å². The Bertz CT molecular complexity index is 3890. The Kier molecular flexibility index (Phi) is 11.6. The number of rotatable bonds is 8. The number of benzene rings is 9. The zero-order valence-corrected chi connectivity index (χ0v) is 41.3. The number of para-hydroxylation sites is 4. The number of hydrogen-bond acceptors (Lipinski definition) is 5. The minimum atomic E-state index is -5.10. The molecule has 366 valence electrons. The number of allylic oxidation sites excluding steroid dienone is 4. The summed E-state index contributed by atoms with van der Waals surface area (Å²) >= 11 is 0. The third-order valence-corrected chi connectivity index (χ3v) is 14.9. The first kappa shape index (κ1) is 46.2. The van der Waals surface area contributed by atoms with Gasteiger partial charge in [0.1, 0.15) is 17.2 Å². The number of nitriles is 1. The molecule has 0 atom stereocenters. The van der Waals surface area contributed by atoms with E-state index in [-0.39, 0.29) is 22.6 Å². The molecule has 0 saturated heterocycles. The topological polar surface area (TPSA) is 36.8 Å². The molecule has 0 fully saturated rings. The Hall–Kier alpha value is -9.58. The molecule has 9 aromatic carbocycles. The SMILES string of the molecule is N#Cc1c(N2C(c3ccccc3)=CCc3ccccc32)c(N2C(c3ccccc3)=CCc3ccccc32)c(N2C(c3ccccc3)=CCc3ccccc32)c(C(F)(F)F)c1N1C(c2ccccc2)=CCc2ccccc21. The summed E-state index contributed by atoms with van der Waals surface area (Å²) in [5, 5.41) is 12.6. The maximum atomic E-state index is 18.3. The van der Waals surface area contributed by atoms with E-state index in [0.29, 0.717) is 71.1 Å². The fraction of sp³-hybridized carbons (Fsp3) is 0.0735. The Morgan fingerprint density at radius 3 is 0.882 bits per heavy atom. The van der Waals surface area contributed by atoms with Crippen molar-refractivity contribution in [2.45, 2.75) is 31.9 Å². The fourth-order valence-corrected chi connectivity index (χ4v) is 11.6. The Labute approximate surface area is 440 Å². The molecule has 8 heteroatoms.